The Morgan fingerprint density at radius 3 is 2.62 bits per heavy atom. The zero-order valence-corrected chi connectivity index (χ0v) is 11.7. The second kappa shape index (κ2) is 4.89. The van der Waals surface area contributed by atoms with Crippen molar-refractivity contribution in [1.82, 2.24) is 5.32 Å². The van der Waals surface area contributed by atoms with Crippen LogP contribution in [0.15, 0.2) is 6.07 Å². The molecule has 1 aromatic rings. The van der Waals surface area contributed by atoms with Gasteiger partial charge in [-0.15, -0.1) is 11.3 Å². The first-order valence-electron chi connectivity index (χ1n) is 6.43. The van der Waals surface area contributed by atoms with Gasteiger partial charge >= 0.3 is 0 Å². The molecule has 0 amide bonds. The second-order valence-corrected chi connectivity index (χ2v) is 6.64. The molecule has 3 atom stereocenters. The predicted octanol–water partition coefficient (Wildman–Crippen LogP) is 4.06. The maximum Gasteiger partial charge on any atom is 0.0362 e. The van der Waals surface area contributed by atoms with Gasteiger partial charge in [-0.05, 0) is 56.7 Å². The molecule has 1 fully saturated rings. The molecule has 0 aromatic carbocycles. The van der Waals surface area contributed by atoms with E-state index in [-0.39, 0.29) is 0 Å². The fourth-order valence-corrected chi connectivity index (χ4v) is 3.54. The number of aryl methyl sites for hydroxylation is 2. The molecule has 0 radical (unpaired) electrons. The maximum absolute atomic E-state index is 3.74. The molecular weight excluding hydrogens is 214 g/mol. The van der Waals surface area contributed by atoms with E-state index in [2.05, 4.69) is 39.1 Å². The number of thiophene rings is 1. The maximum atomic E-state index is 3.74. The smallest absolute Gasteiger partial charge is 0.0362 e. The molecule has 0 bridgehead atoms. The van der Waals surface area contributed by atoms with E-state index < -0.39 is 0 Å². The van der Waals surface area contributed by atoms with Gasteiger partial charge in [-0.3, -0.25) is 0 Å². The summed E-state index contributed by atoms with van der Waals surface area (Å²) in [5, 5.41) is 3.74. The molecule has 90 valence electrons. The lowest BCUT2D eigenvalue weighted by atomic mass is 10.0. The van der Waals surface area contributed by atoms with Crippen molar-refractivity contribution in [2.75, 3.05) is 6.54 Å². The Labute approximate surface area is 103 Å². The van der Waals surface area contributed by atoms with Gasteiger partial charge in [-0.25, -0.2) is 0 Å². The second-order valence-electron chi connectivity index (χ2n) is 5.18. The average molecular weight is 237 g/mol. The Morgan fingerprint density at radius 1 is 1.50 bits per heavy atom. The largest absolute Gasteiger partial charge is 0.310 e. The standard InChI is InChI=1S/C14H23NS/c1-5-6-15-14(12-7-9(12)2)13-8-10(3)16-11(13)4/h8-9,12,14-15H,5-7H2,1-4H3. The van der Waals surface area contributed by atoms with E-state index >= 15 is 0 Å². The molecule has 2 rings (SSSR count). The third-order valence-corrected chi connectivity index (χ3v) is 4.61. The molecule has 0 saturated heterocycles. The van der Waals surface area contributed by atoms with Crippen molar-refractivity contribution in [3.63, 3.8) is 0 Å². The van der Waals surface area contributed by atoms with E-state index in [1.807, 2.05) is 11.3 Å². The molecule has 0 aliphatic heterocycles. The Balaban J connectivity index is 2.14. The molecule has 1 aliphatic carbocycles. The minimum Gasteiger partial charge on any atom is -0.310 e. The molecule has 16 heavy (non-hydrogen) atoms. The van der Waals surface area contributed by atoms with Crippen LogP contribution in [0.1, 0.15) is 48.0 Å². The van der Waals surface area contributed by atoms with E-state index in [4.69, 9.17) is 0 Å². The number of rotatable bonds is 5. The van der Waals surface area contributed by atoms with Crippen molar-refractivity contribution >= 4 is 11.3 Å². The van der Waals surface area contributed by atoms with Gasteiger partial charge in [0.1, 0.15) is 0 Å². The highest BCUT2D eigenvalue weighted by atomic mass is 32.1. The molecule has 1 saturated carbocycles. The van der Waals surface area contributed by atoms with Crippen LogP contribution in [0.3, 0.4) is 0 Å². The van der Waals surface area contributed by atoms with Crippen molar-refractivity contribution in [2.45, 2.75) is 46.6 Å². The van der Waals surface area contributed by atoms with Crippen LogP contribution in [0, 0.1) is 25.7 Å². The highest BCUT2D eigenvalue weighted by Gasteiger charge is 2.40. The highest BCUT2D eigenvalue weighted by Crippen LogP contribution is 2.48. The monoisotopic (exact) mass is 237 g/mol. The summed E-state index contributed by atoms with van der Waals surface area (Å²) in [7, 11) is 0. The summed E-state index contributed by atoms with van der Waals surface area (Å²) in [5.74, 6) is 1.79. The van der Waals surface area contributed by atoms with Crippen LogP contribution in [0.25, 0.3) is 0 Å². The first-order chi connectivity index (χ1) is 7.63. The Hall–Kier alpha value is -0.340. The van der Waals surface area contributed by atoms with Crippen LogP contribution in [0.2, 0.25) is 0 Å². The van der Waals surface area contributed by atoms with Gasteiger partial charge in [-0.2, -0.15) is 0 Å². The number of hydrogen-bond acceptors (Lipinski definition) is 2. The quantitative estimate of drug-likeness (QED) is 0.814. The normalized spacial score (nSPS) is 25.8. The molecule has 1 aromatic heterocycles. The number of nitrogens with one attached hydrogen (secondary N) is 1. The summed E-state index contributed by atoms with van der Waals surface area (Å²) < 4.78 is 0. The molecule has 3 unspecified atom stereocenters. The van der Waals surface area contributed by atoms with E-state index in [9.17, 15) is 0 Å². The lowest BCUT2D eigenvalue weighted by Gasteiger charge is -2.18. The van der Waals surface area contributed by atoms with Crippen molar-refractivity contribution in [3.8, 4) is 0 Å². The summed E-state index contributed by atoms with van der Waals surface area (Å²) in [5.41, 5.74) is 1.56. The topological polar surface area (TPSA) is 12.0 Å². The molecule has 1 N–H and O–H groups in total. The molecular formula is C14H23NS. The summed E-state index contributed by atoms with van der Waals surface area (Å²) in [6, 6.07) is 3.00. The number of hydrogen-bond donors (Lipinski definition) is 1. The first-order valence-corrected chi connectivity index (χ1v) is 7.25. The molecule has 2 heteroatoms. The lowest BCUT2D eigenvalue weighted by Crippen LogP contribution is -2.24. The molecule has 0 spiro atoms. The van der Waals surface area contributed by atoms with Crippen molar-refractivity contribution in [3.05, 3.63) is 21.4 Å². The minimum atomic E-state index is 0.611. The zero-order valence-electron chi connectivity index (χ0n) is 10.8. The van der Waals surface area contributed by atoms with Crippen LogP contribution in [-0.2, 0) is 0 Å². The van der Waals surface area contributed by atoms with Crippen molar-refractivity contribution in [2.24, 2.45) is 11.8 Å². The summed E-state index contributed by atoms with van der Waals surface area (Å²) in [6.45, 7) is 10.2. The average Bonchev–Trinajstić information content (AvgIpc) is 2.84. The fraction of sp³-hybridized carbons (Fsp3) is 0.714. The Kier molecular flexibility index (Phi) is 3.70. The van der Waals surface area contributed by atoms with Gasteiger partial charge in [0.05, 0.1) is 0 Å². The van der Waals surface area contributed by atoms with Crippen LogP contribution in [0.4, 0.5) is 0 Å². The van der Waals surface area contributed by atoms with Crippen molar-refractivity contribution in [1.29, 1.82) is 0 Å². The molecule has 1 heterocycles. The fourth-order valence-electron chi connectivity index (χ4n) is 2.57. The van der Waals surface area contributed by atoms with Gasteiger partial charge in [0.2, 0.25) is 0 Å². The van der Waals surface area contributed by atoms with Crippen LogP contribution < -0.4 is 5.32 Å². The highest BCUT2D eigenvalue weighted by molar-refractivity contribution is 7.12. The van der Waals surface area contributed by atoms with E-state index in [1.165, 1.54) is 22.6 Å². The zero-order chi connectivity index (χ0) is 11.7. The summed E-state index contributed by atoms with van der Waals surface area (Å²) in [6.07, 6.45) is 2.62. The van der Waals surface area contributed by atoms with Gasteiger partial charge in [0.25, 0.3) is 0 Å². The summed E-state index contributed by atoms with van der Waals surface area (Å²) in [4.78, 5) is 2.95. The van der Waals surface area contributed by atoms with Crippen LogP contribution in [0.5, 0.6) is 0 Å². The molecule has 1 nitrogen and oxygen atoms in total. The predicted molar refractivity (Wildman–Crippen MR) is 72.1 cm³/mol. The van der Waals surface area contributed by atoms with Crippen molar-refractivity contribution < 1.29 is 0 Å². The van der Waals surface area contributed by atoms with Gasteiger partial charge < -0.3 is 5.32 Å². The molecule has 1 aliphatic rings. The Morgan fingerprint density at radius 2 is 2.19 bits per heavy atom. The van der Waals surface area contributed by atoms with Gasteiger partial charge in [0.15, 0.2) is 0 Å². The van der Waals surface area contributed by atoms with Crippen LogP contribution >= 0.6 is 11.3 Å². The van der Waals surface area contributed by atoms with E-state index in [0.29, 0.717) is 6.04 Å². The van der Waals surface area contributed by atoms with Gasteiger partial charge in [0, 0.05) is 15.8 Å². The van der Waals surface area contributed by atoms with E-state index in [1.54, 1.807) is 5.56 Å². The summed E-state index contributed by atoms with van der Waals surface area (Å²) >= 11 is 1.94. The third-order valence-electron chi connectivity index (χ3n) is 3.63. The third kappa shape index (κ3) is 2.49. The van der Waals surface area contributed by atoms with Gasteiger partial charge in [-0.1, -0.05) is 13.8 Å². The lowest BCUT2D eigenvalue weighted by molar-refractivity contribution is 0.462. The Bertz CT molecular complexity index is 356. The first kappa shape index (κ1) is 12.1. The van der Waals surface area contributed by atoms with Crippen LogP contribution in [-0.4, -0.2) is 6.54 Å². The SMILES string of the molecule is CCCNC(c1cc(C)sc1C)C1CC1C. The minimum absolute atomic E-state index is 0.611. The van der Waals surface area contributed by atoms with E-state index in [0.717, 1.165) is 18.4 Å².